The Labute approximate surface area is 122 Å². The van der Waals surface area contributed by atoms with Crippen LogP contribution in [0.4, 0.5) is 11.9 Å². The van der Waals surface area contributed by atoms with E-state index < -0.39 is 0 Å². The van der Waals surface area contributed by atoms with Crippen molar-refractivity contribution in [3.8, 4) is 11.8 Å². The third-order valence-electron chi connectivity index (χ3n) is 3.35. The van der Waals surface area contributed by atoms with Crippen LogP contribution in [0.2, 0.25) is 0 Å². The predicted octanol–water partition coefficient (Wildman–Crippen LogP) is 1.34. The van der Waals surface area contributed by atoms with Crippen molar-refractivity contribution in [3.63, 3.8) is 0 Å². The van der Waals surface area contributed by atoms with Crippen LogP contribution in [0, 0.1) is 0 Å². The Bertz CT molecular complexity index is 629. The molecule has 21 heavy (non-hydrogen) atoms. The highest BCUT2D eigenvalue weighted by molar-refractivity contribution is 5.39. The number of hydrogen-bond acceptors (Lipinski definition) is 7. The molecule has 2 heterocycles. The molecule has 0 saturated carbocycles. The number of ether oxygens (including phenoxy) is 1. The number of aliphatic hydroxyl groups excluding tert-OH is 1. The largest absolute Gasteiger partial charge is 0.424 e. The number of benzene rings is 1. The highest BCUT2D eigenvalue weighted by Gasteiger charge is 2.17. The highest BCUT2D eigenvalue weighted by Crippen LogP contribution is 2.25. The van der Waals surface area contributed by atoms with Gasteiger partial charge < -0.3 is 20.5 Å². The van der Waals surface area contributed by atoms with Crippen molar-refractivity contribution in [2.75, 3.05) is 23.7 Å². The summed E-state index contributed by atoms with van der Waals surface area (Å²) >= 11 is 0. The quantitative estimate of drug-likeness (QED) is 0.875. The van der Waals surface area contributed by atoms with E-state index in [1.165, 1.54) is 0 Å². The average molecular weight is 287 g/mol. The first kappa shape index (κ1) is 13.6. The summed E-state index contributed by atoms with van der Waals surface area (Å²) in [6, 6.07) is 7.32. The van der Waals surface area contributed by atoms with Crippen LogP contribution in [-0.4, -0.2) is 33.1 Å². The molecule has 1 aromatic carbocycles. The molecule has 7 nitrogen and oxygen atoms in total. The molecular formula is C14H17N5O2. The Hall–Kier alpha value is -2.41. The lowest BCUT2D eigenvalue weighted by Gasteiger charge is -2.16. The van der Waals surface area contributed by atoms with Crippen LogP contribution < -0.4 is 15.4 Å². The van der Waals surface area contributed by atoms with Crippen molar-refractivity contribution in [2.45, 2.75) is 19.4 Å². The van der Waals surface area contributed by atoms with Gasteiger partial charge in [0.2, 0.25) is 11.9 Å². The molecule has 0 bridgehead atoms. The Kier molecular flexibility index (Phi) is 3.83. The maximum absolute atomic E-state index is 9.31. The molecule has 0 spiro atoms. The van der Waals surface area contributed by atoms with Crippen LogP contribution in [0.5, 0.6) is 11.8 Å². The zero-order chi connectivity index (χ0) is 14.7. The van der Waals surface area contributed by atoms with E-state index >= 15 is 0 Å². The Balaban J connectivity index is 1.88. The molecule has 0 amide bonds. The smallest absolute Gasteiger partial charge is 0.328 e. The predicted molar refractivity (Wildman–Crippen MR) is 78.1 cm³/mol. The van der Waals surface area contributed by atoms with Crippen LogP contribution in [0.3, 0.4) is 0 Å². The molecule has 7 heteroatoms. The molecule has 110 valence electrons. The SMILES string of the molecule is Nc1nc(Oc2ccccc2CO)nc(N2CCCC2)n1. The van der Waals surface area contributed by atoms with E-state index in [1.807, 2.05) is 12.1 Å². The molecule has 3 N–H and O–H groups in total. The first-order chi connectivity index (χ1) is 10.3. The fourth-order valence-electron chi connectivity index (χ4n) is 2.30. The van der Waals surface area contributed by atoms with Crippen LogP contribution in [0.25, 0.3) is 0 Å². The summed E-state index contributed by atoms with van der Waals surface area (Å²) in [5.41, 5.74) is 6.40. The third kappa shape index (κ3) is 3.03. The van der Waals surface area contributed by atoms with Crippen LogP contribution in [0.15, 0.2) is 24.3 Å². The summed E-state index contributed by atoms with van der Waals surface area (Å²) in [6.07, 6.45) is 2.24. The first-order valence-electron chi connectivity index (χ1n) is 6.89. The Morgan fingerprint density at radius 3 is 2.67 bits per heavy atom. The zero-order valence-corrected chi connectivity index (χ0v) is 11.6. The van der Waals surface area contributed by atoms with E-state index in [1.54, 1.807) is 12.1 Å². The van der Waals surface area contributed by atoms with Crippen molar-refractivity contribution in [3.05, 3.63) is 29.8 Å². The standard InChI is InChI=1S/C14H17N5O2/c15-12-16-13(19-7-3-4-8-19)18-14(17-12)21-11-6-2-1-5-10(11)9-20/h1-2,5-6,20H,3-4,7-9H2,(H2,15,16,17,18). The zero-order valence-electron chi connectivity index (χ0n) is 11.6. The fraction of sp³-hybridized carbons (Fsp3) is 0.357. The second kappa shape index (κ2) is 5.92. The minimum absolute atomic E-state index is 0.115. The number of anilines is 2. The maximum Gasteiger partial charge on any atom is 0.328 e. The van der Waals surface area contributed by atoms with Gasteiger partial charge in [-0.3, -0.25) is 0 Å². The molecule has 2 aromatic rings. The number of nitrogen functional groups attached to an aromatic ring is 1. The molecule has 1 aliphatic rings. The van der Waals surface area contributed by atoms with Gasteiger partial charge in [0.15, 0.2) is 0 Å². The van der Waals surface area contributed by atoms with E-state index in [0.717, 1.165) is 25.9 Å². The molecule has 0 radical (unpaired) electrons. The molecule has 1 fully saturated rings. The van der Waals surface area contributed by atoms with Crippen molar-refractivity contribution in [2.24, 2.45) is 0 Å². The fourth-order valence-corrected chi connectivity index (χ4v) is 2.30. The van der Waals surface area contributed by atoms with Gasteiger partial charge in [0.05, 0.1) is 6.61 Å². The van der Waals surface area contributed by atoms with Gasteiger partial charge in [-0.25, -0.2) is 0 Å². The first-order valence-corrected chi connectivity index (χ1v) is 6.89. The molecule has 1 aromatic heterocycles. The lowest BCUT2D eigenvalue weighted by Crippen LogP contribution is -2.21. The summed E-state index contributed by atoms with van der Waals surface area (Å²) < 4.78 is 5.65. The molecule has 3 rings (SSSR count). The number of aliphatic hydroxyl groups is 1. The average Bonchev–Trinajstić information content (AvgIpc) is 3.01. The minimum atomic E-state index is -0.115. The normalized spacial score (nSPS) is 14.4. The molecule has 0 aliphatic carbocycles. The summed E-state index contributed by atoms with van der Waals surface area (Å²) in [5, 5.41) is 9.31. The monoisotopic (exact) mass is 287 g/mol. The summed E-state index contributed by atoms with van der Waals surface area (Å²) in [4.78, 5) is 14.5. The number of aromatic nitrogens is 3. The number of nitrogens with two attached hydrogens (primary N) is 1. The molecular weight excluding hydrogens is 270 g/mol. The van der Waals surface area contributed by atoms with Crippen molar-refractivity contribution in [1.82, 2.24) is 15.0 Å². The van der Waals surface area contributed by atoms with Crippen LogP contribution in [0.1, 0.15) is 18.4 Å². The van der Waals surface area contributed by atoms with Gasteiger partial charge >= 0.3 is 6.01 Å². The van der Waals surface area contributed by atoms with E-state index in [0.29, 0.717) is 17.3 Å². The van der Waals surface area contributed by atoms with Gasteiger partial charge in [0.1, 0.15) is 5.75 Å². The highest BCUT2D eigenvalue weighted by atomic mass is 16.5. The van der Waals surface area contributed by atoms with E-state index in [2.05, 4.69) is 19.9 Å². The minimum Gasteiger partial charge on any atom is -0.424 e. The lowest BCUT2D eigenvalue weighted by molar-refractivity contribution is 0.275. The number of para-hydroxylation sites is 1. The van der Waals surface area contributed by atoms with E-state index in [9.17, 15) is 5.11 Å². The summed E-state index contributed by atoms with van der Waals surface area (Å²) in [6.45, 7) is 1.71. The second-order valence-corrected chi connectivity index (χ2v) is 4.84. The van der Waals surface area contributed by atoms with E-state index in [-0.39, 0.29) is 18.6 Å². The molecule has 1 saturated heterocycles. The van der Waals surface area contributed by atoms with Gasteiger partial charge in [-0.05, 0) is 18.9 Å². The number of rotatable bonds is 4. The van der Waals surface area contributed by atoms with Gasteiger partial charge in [0, 0.05) is 18.7 Å². The summed E-state index contributed by atoms with van der Waals surface area (Å²) in [7, 11) is 0. The van der Waals surface area contributed by atoms with Crippen molar-refractivity contribution >= 4 is 11.9 Å². The van der Waals surface area contributed by atoms with Gasteiger partial charge in [-0.15, -0.1) is 0 Å². The van der Waals surface area contributed by atoms with Crippen LogP contribution >= 0.6 is 0 Å². The Morgan fingerprint density at radius 1 is 1.14 bits per heavy atom. The van der Waals surface area contributed by atoms with Crippen molar-refractivity contribution in [1.29, 1.82) is 0 Å². The topological polar surface area (TPSA) is 97.4 Å². The Morgan fingerprint density at radius 2 is 1.90 bits per heavy atom. The molecule has 1 aliphatic heterocycles. The van der Waals surface area contributed by atoms with Crippen LogP contribution in [-0.2, 0) is 6.61 Å². The third-order valence-corrected chi connectivity index (χ3v) is 3.35. The molecule has 0 unspecified atom stereocenters. The van der Waals surface area contributed by atoms with Crippen molar-refractivity contribution < 1.29 is 9.84 Å². The maximum atomic E-state index is 9.31. The lowest BCUT2D eigenvalue weighted by atomic mass is 10.2. The van der Waals surface area contributed by atoms with Gasteiger partial charge in [-0.2, -0.15) is 15.0 Å². The molecule has 0 atom stereocenters. The van der Waals surface area contributed by atoms with Gasteiger partial charge in [0.25, 0.3) is 0 Å². The number of hydrogen-bond donors (Lipinski definition) is 2. The van der Waals surface area contributed by atoms with Gasteiger partial charge in [-0.1, -0.05) is 18.2 Å². The second-order valence-electron chi connectivity index (χ2n) is 4.84. The van der Waals surface area contributed by atoms with E-state index in [4.69, 9.17) is 10.5 Å². The number of nitrogens with zero attached hydrogens (tertiary/aromatic N) is 4. The summed E-state index contributed by atoms with van der Waals surface area (Å²) in [5.74, 6) is 1.18.